The van der Waals surface area contributed by atoms with E-state index in [9.17, 15) is 14.9 Å². The van der Waals surface area contributed by atoms with E-state index < -0.39 is 19.0 Å². The van der Waals surface area contributed by atoms with E-state index in [1.807, 2.05) is 43.3 Å². The van der Waals surface area contributed by atoms with Crippen molar-refractivity contribution in [3.05, 3.63) is 60.7 Å². The number of rotatable bonds is 11. The third kappa shape index (κ3) is 6.30. The van der Waals surface area contributed by atoms with E-state index in [0.717, 1.165) is 36.1 Å². The van der Waals surface area contributed by atoms with E-state index >= 15 is 0 Å². The van der Waals surface area contributed by atoms with Gasteiger partial charge in [-0.2, -0.15) is 5.26 Å². The third-order valence-corrected chi connectivity index (χ3v) is 13.5. The predicted octanol–water partition coefficient (Wildman–Crippen LogP) is 4.88. The molecule has 0 aromatic heterocycles. The topological polar surface area (TPSA) is 88.8 Å². The van der Waals surface area contributed by atoms with Gasteiger partial charge in [0.2, 0.25) is 0 Å². The van der Waals surface area contributed by atoms with Crippen LogP contribution in [0.3, 0.4) is 0 Å². The quantitative estimate of drug-likeness (QED) is 0.318. The maximum atomic E-state index is 12.7. The van der Waals surface area contributed by atoms with E-state index in [-0.39, 0.29) is 30.2 Å². The van der Waals surface area contributed by atoms with Crippen LogP contribution in [0.1, 0.15) is 72.1 Å². The van der Waals surface area contributed by atoms with Crippen LogP contribution in [0.2, 0.25) is 5.04 Å². The normalized spacial score (nSPS) is 25.9. The first-order valence-electron chi connectivity index (χ1n) is 14.3. The van der Waals surface area contributed by atoms with Crippen LogP contribution in [0.15, 0.2) is 60.7 Å². The fourth-order valence-electron chi connectivity index (χ4n) is 6.60. The Labute approximate surface area is 234 Å². The molecule has 2 aliphatic rings. The number of nitriles is 1. The summed E-state index contributed by atoms with van der Waals surface area (Å²) in [6.07, 6.45) is 5.41. The lowest BCUT2D eigenvalue weighted by Gasteiger charge is -2.46. The van der Waals surface area contributed by atoms with Gasteiger partial charge in [-0.3, -0.25) is 4.79 Å². The zero-order valence-electron chi connectivity index (χ0n) is 23.8. The van der Waals surface area contributed by atoms with Crippen molar-refractivity contribution in [1.29, 1.82) is 5.26 Å². The summed E-state index contributed by atoms with van der Waals surface area (Å²) in [6.45, 7) is 6.32. The molecular weight excluding hydrogens is 506 g/mol. The van der Waals surface area contributed by atoms with Crippen molar-refractivity contribution in [2.24, 2.45) is 5.92 Å². The molecule has 7 heteroatoms. The fourth-order valence-corrected chi connectivity index (χ4v) is 10.3. The third-order valence-electron chi connectivity index (χ3n) is 8.94. The van der Waals surface area contributed by atoms with Crippen molar-refractivity contribution in [2.45, 2.75) is 101 Å². The van der Waals surface area contributed by atoms with Gasteiger partial charge in [0.05, 0.1) is 37.1 Å². The first-order valence-corrected chi connectivity index (χ1v) is 16.2. The van der Waals surface area contributed by atoms with E-state index in [1.165, 1.54) is 7.11 Å². The highest BCUT2D eigenvalue weighted by molar-refractivity contribution is 6.98. The minimum atomic E-state index is -3.16. The molecule has 4 unspecified atom stereocenters. The van der Waals surface area contributed by atoms with Gasteiger partial charge in [0, 0.05) is 18.8 Å². The number of esters is 1. The summed E-state index contributed by atoms with van der Waals surface area (Å²) >= 11 is 0. The molecule has 2 saturated heterocycles. The molecular formula is C32H43NO5Si. The fraction of sp³-hybridized carbons (Fsp3) is 0.562. The van der Waals surface area contributed by atoms with Crippen LogP contribution in [-0.4, -0.2) is 50.1 Å². The first kappa shape index (κ1) is 29.5. The Morgan fingerprint density at radius 3 is 2.31 bits per heavy atom. The van der Waals surface area contributed by atoms with Gasteiger partial charge in [-0.15, -0.1) is 0 Å². The van der Waals surface area contributed by atoms with Gasteiger partial charge in [0.25, 0.3) is 8.32 Å². The Morgan fingerprint density at radius 2 is 1.74 bits per heavy atom. The molecule has 2 aromatic carbocycles. The van der Waals surface area contributed by atoms with E-state index in [1.54, 1.807) is 0 Å². The first-order chi connectivity index (χ1) is 18.6. The molecule has 0 bridgehead atoms. The Hall–Kier alpha value is -2.50. The molecule has 210 valence electrons. The molecule has 0 amide bonds. The lowest BCUT2D eigenvalue weighted by molar-refractivity contribution is -0.173. The number of fused-ring (bicyclic) bond motifs is 1. The average Bonchev–Trinajstić information content (AvgIpc) is 3.33. The van der Waals surface area contributed by atoms with Crippen molar-refractivity contribution >= 4 is 24.7 Å². The SMILES string of the molecule is COC(=O)CCC1CC2(CCC(C)(C)[Si](O)(c3ccccc3)c3ccccc3)OC(C[C@@H](C)C#N)CCC2O1. The Morgan fingerprint density at radius 1 is 1.13 bits per heavy atom. The van der Waals surface area contributed by atoms with E-state index in [0.29, 0.717) is 25.7 Å². The monoisotopic (exact) mass is 549 g/mol. The number of hydrogen-bond acceptors (Lipinski definition) is 6. The van der Waals surface area contributed by atoms with E-state index in [4.69, 9.17) is 14.2 Å². The molecule has 2 aliphatic heterocycles. The van der Waals surface area contributed by atoms with Crippen LogP contribution in [0.5, 0.6) is 0 Å². The van der Waals surface area contributed by atoms with Crippen LogP contribution in [-0.2, 0) is 19.0 Å². The van der Waals surface area contributed by atoms with Gasteiger partial charge in [-0.05, 0) is 60.9 Å². The highest BCUT2D eigenvalue weighted by Crippen LogP contribution is 2.50. The van der Waals surface area contributed by atoms with Gasteiger partial charge >= 0.3 is 5.97 Å². The Balaban J connectivity index is 1.61. The summed E-state index contributed by atoms with van der Waals surface area (Å²) in [5, 5.41) is 11.0. The van der Waals surface area contributed by atoms with Crippen molar-refractivity contribution in [2.75, 3.05) is 7.11 Å². The number of carbonyl (C=O) groups is 1. The predicted molar refractivity (Wildman–Crippen MR) is 154 cm³/mol. The number of nitrogens with zero attached hydrogens (tertiary/aromatic N) is 1. The van der Waals surface area contributed by atoms with Gasteiger partial charge in [0.15, 0.2) is 0 Å². The summed E-state index contributed by atoms with van der Waals surface area (Å²) in [5.74, 6) is -0.307. The average molecular weight is 550 g/mol. The van der Waals surface area contributed by atoms with Crippen molar-refractivity contribution in [3.8, 4) is 6.07 Å². The Bertz CT molecular complexity index is 1090. The molecule has 0 saturated carbocycles. The minimum Gasteiger partial charge on any atom is -0.469 e. The van der Waals surface area contributed by atoms with Gasteiger partial charge in [-0.1, -0.05) is 74.5 Å². The molecule has 2 aromatic rings. The summed E-state index contributed by atoms with van der Waals surface area (Å²) in [4.78, 5) is 24.5. The van der Waals surface area contributed by atoms with E-state index in [2.05, 4.69) is 44.2 Å². The summed E-state index contributed by atoms with van der Waals surface area (Å²) in [5.41, 5.74) is -0.501. The summed E-state index contributed by atoms with van der Waals surface area (Å²) in [6, 6.07) is 22.6. The van der Waals surface area contributed by atoms with Crippen LogP contribution >= 0.6 is 0 Å². The summed E-state index contributed by atoms with van der Waals surface area (Å²) < 4.78 is 18.3. The minimum absolute atomic E-state index is 0.00124. The van der Waals surface area contributed by atoms with Crippen LogP contribution in [0, 0.1) is 17.2 Å². The zero-order valence-corrected chi connectivity index (χ0v) is 24.8. The van der Waals surface area contributed by atoms with Gasteiger partial charge in [0.1, 0.15) is 0 Å². The summed E-state index contributed by atoms with van der Waals surface area (Å²) in [7, 11) is -1.75. The molecule has 0 spiro atoms. The van der Waals surface area contributed by atoms with Crippen molar-refractivity contribution in [3.63, 3.8) is 0 Å². The molecule has 6 nitrogen and oxygen atoms in total. The molecule has 2 fully saturated rings. The second-order valence-electron chi connectivity index (χ2n) is 12.0. The zero-order chi connectivity index (χ0) is 28.1. The number of ether oxygens (including phenoxy) is 3. The number of methoxy groups -OCH3 is 1. The smallest absolute Gasteiger partial charge is 0.305 e. The molecule has 4 rings (SSSR count). The second kappa shape index (κ2) is 12.3. The van der Waals surface area contributed by atoms with Gasteiger partial charge < -0.3 is 19.0 Å². The lowest BCUT2D eigenvalue weighted by Crippen LogP contribution is -2.65. The standard InChI is InChI=1S/C32H43NO5Si/c1-24(23-33)21-25-15-17-29-32(38-25,22-26(37-29)16-18-30(34)36-4)20-19-31(2,3)39(35,27-11-7-5-8-12-27)28-13-9-6-10-14-28/h5-14,24-26,29,35H,15-22H2,1-4H3/t24-,25?,26?,29?,32?/m1/s1. The molecule has 0 aliphatic carbocycles. The maximum absolute atomic E-state index is 12.7. The maximum Gasteiger partial charge on any atom is 0.305 e. The highest BCUT2D eigenvalue weighted by Gasteiger charge is 2.56. The van der Waals surface area contributed by atoms with Crippen molar-refractivity contribution < 1.29 is 23.8 Å². The molecule has 2 heterocycles. The number of benzene rings is 2. The number of carbonyl (C=O) groups excluding carboxylic acids is 1. The van der Waals surface area contributed by atoms with Crippen LogP contribution < -0.4 is 10.4 Å². The molecule has 39 heavy (non-hydrogen) atoms. The van der Waals surface area contributed by atoms with Crippen LogP contribution in [0.25, 0.3) is 0 Å². The molecule has 1 N–H and O–H groups in total. The highest BCUT2D eigenvalue weighted by atomic mass is 28.4. The van der Waals surface area contributed by atoms with Gasteiger partial charge in [-0.25, -0.2) is 0 Å². The van der Waals surface area contributed by atoms with Crippen molar-refractivity contribution in [1.82, 2.24) is 0 Å². The largest absolute Gasteiger partial charge is 0.469 e. The van der Waals surface area contributed by atoms with Crippen LogP contribution in [0.4, 0.5) is 0 Å². The molecule has 0 radical (unpaired) electrons. The Kier molecular flexibility index (Phi) is 9.33. The molecule has 5 atom stereocenters. The number of hydrogen-bond donors (Lipinski definition) is 1. The second-order valence-corrected chi connectivity index (χ2v) is 16.0. The lowest BCUT2D eigenvalue weighted by atomic mass is 9.80.